The van der Waals surface area contributed by atoms with E-state index in [1.54, 1.807) is 20.8 Å². The Hall–Kier alpha value is -2.32. The molecule has 1 rings (SSSR count). The van der Waals surface area contributed by atoms with Gasteiger partial charge in [-0.25, -0.2) is 0 Å². The fourth-order valence-corrected chi connectivity index (χ4v) is 2.28. The van der Waals surface area contributed by atoms with E-state index >= 15 is 0 Å². The standard InChI is InChI=1S/C15H18F3NO5/c1-4-24-14(21)10(5-8(2)3)9-6-11(15(16,17)18)13(20)12(7-9)19(22)23/h6-8,10,20H,4-5H2,1-3H3. The second-order valence-electron chi connectivity index (χ2n) is 5.63. The van der Waals surface area contributed by atoms with Gasteiger partial charge in [0.15, 0.2) is 0 Å². The van der Waals surface area contributed by atoms with Gasteiger partial charge in [-0.15, -0.1) is 0 Å². The highest BCUT2D eigenvalue weighted by molar-refractivity contribution is 5.79. The quantitative estimate of drug-likeness (QED) is 0.476. The van der Waals surface area contributed by atoms with Crippen LogP contribution in [0.15, 0.2) is 12.1 Å². The van der Waals surface area contributed by atoms with Crippen LogP contribution in [-0.2, 0) is 15.7 Å². The van der Waals surface area contributed by atoms with Crippen molar-refractivity contribution in [3.8, 4) is 5.75 Å². The Balaban J connectivity index is 3.55. The molecule has 0 saturated heterocycles. The lowest BCUT2D eigenvalue weighted by atomic mass is 9.88. The summed E-state index contributed by atoms with van der Waals surface area (Å²) < 4.78 is 44.0. The first-order valence-corrected chi connectivity index (χ1v) is 7.24. The van der Waals surface area contributed by atoms with Crippen molar-refractivity contribution in [2.24, 2.45) is 5.92 Å². The molecule has 1 atom stereocenters. The number of phenols is 1. The van der Waals surface area contributed by atoms with Gasteiger partial charge in [-0.2, -0.15) is 13.2 Å². The fourth-order valence-electron chi connectivity index (χ4n) is 2.28. The number of nitro groups is 1. The van der Waals surface area contributed by atoms with Crippen LogP contribution >= 0.6 is 0 Å². The molecule has 1 aromatic carbocycles. The van der Waals surface area contributed by atoms with Crippen molar-refractivity contribution in [2.45, 2.75) is 39.3 Å². The van der Waals surface area contributed by atoms with Crippen molar-refractivity contribution >= 4 is 11.7 Å². The first kappa shape index (κ1) is 19.7. The van der Waals surface area contributed by atoms with E-state index in [1.165, 1.54) is 0 Å². The van der Waals surface area contributed by atoms with Gasteiger partial charge in [-0.05, 0) is 30.9 Å². The molecule has 0 aliphatic rings. The molecule has 0 bridgehead atoms. The van der Waals surface area contributed by atoms with Crippen LogP contribution in [-0.4, -0.2) is 22.6 Å². The summed E-state index contributed by atoms with van der Waals surface area (Å²) in [6.45, 7) is 5.09. The molecule has 9 heteroatoms. The summed E-state index contributed by atoms with van der Waals surface area (Å²) in [5.41, 5.74) is -2.86. The van der Waals surface area contributed by atoms with E-state index in [2.05, 4.69) is 0 Å². The molecule has 0 aromatic heterocycles. The van der Waals surface area contributed by atoms with Crippen LogP contribution in [0.2, 0.25) is 0 Å². The third kappa shape index (κ3) is 4.59. The monoisotopic (exact) mass is 349 g/mol. The maximum Gasteiger partial charge on any atom is 0.420 e. The molecule has 1 aromatic rings. The van der Waals surface area contributed by atoms with Crippen LogP contribution in [0.3, 0.4) is 0 Å². The number of hydrogen-bond donors (Lipinski definition) is 1. The lowest BCUT2D eigenvalue weighted by molar-refractivity contribution is -0.386. The predicted molar refractivity (Wildman–Crippen MR) is 78.6 cm³/mol. The molecule has 0 saturated carbocycles. The van der Waals surface area contributed by atoms with Gasteiger partial charge in [0.1, 0.15) is 5.56 Å². The molecule has 24 heavy (non-hydrogen) atoms. The first-order chi connectivity index (χ1) is 11.0. The molecule has 6 nitrogen and oxygen atoms in total. The van der Waals surface area contributed by atoms with Gasteiger partial charge >= 0.3 is 17.8 Å². The molecule has 0 fully saturated rings. The average molecular weight is 349 g/mol. The maximum absolute atomic E-state index is 13.0. The van der Waals surface area contributed by atoms with Gasteiger partial charge in [0.2, 0.25) is 5.75 Å². The molecule has 0 spiro atoms. The van der Waals surface area contributed by atoms with E-state index in [4.69, 9.17) is 4.74 Å². The Morgan fingerprint density at radius 2 is 1.96 bits per heavy atom. The highest BCUT2D eigenvalue weighted by Gasteiger charge is 2.39. The third-order valence-corrected chi connectivity index (χ3v) is 3.29. The lowest BCUT2D eigenvalue weighted by Gasteiger charge is -2.19. The number of alkyl halides is 3. The zero-order valence-electron chi connectivity index (χ0n) is 13.4. The van der Waals surface area contributed by atoms with Crippen LogP contribution in [0.1, 0.15) is 44.2 Å². The number of nitrogens with zero attached hydrogens (tertiary/aromatic N) is 1. The Labute approximate surface area is 136 Å². The number of halogens is 3. The lowest BCUT2D eigenvalue weighted by Crippen LogP contribution is -2.19. The van der Waals surface area contributed by atoms with E-state index in [9.17, 15) is 33.2 Å². The van der Waals surface area contributed by atoms with Crippen LogP contribution < -0.4 is 0 Å². The number of carbonyl (C=O) groups is 1. The van der Waals surface area contributed by atoms with Gasteiger partial charge in [-0.1, -0.05) is 13.8 Å². The number of benzene rings is 1. The minimum Gasteiger partial charge on any atom is -0.502 e. The molecule has 0 aliphatic heterocycles. The predicted octanol–water partition coefficient (Wildman–Crippen LogP) is 4.01. The number of ether oxygens (including phenoxy) is 1. The maximum atomic E-state index is 13.0. The van der Waals surface area contributed by atoms with Crippen molar-refractivity contribution < 1.29 is 32.7 Å². The summed E-state index contributed by atoms with van der Waals surface area (Å²) >= 11 is 0. The SMILES string of the molecule is CCOC(=O)C(CC(C)C)c1cc([N+](=O)[O-])c(O)c(C(F)(F)F)c1. The molecule has 1 unspecified atom stereocenters. The highest BCUT2D eigenvalue weighted by atomic mass is 19.4. The minimum absolute atomic E-state index is 0.0275. The second kappa shape index (κ2) is 7.50. The van der Waals surface area contributed by atoms with Crippen molar-refractivity contribution in [1.29, 1.82) is 0 Å². The third-order valence-electron chi connectivity index (χ3n) is 3.29. The van der Waals surface area contributed by atoms with Crippen LogP contribution in [0.4, 0.5) is 18.9 Å². The van der Waals surface area contributed by atoms with Gasteiger partial charge < -0.3 is 9.84 Å². The molecule has 0 radical (unpaired) electrons. The largest absolute Gasteiger partial charge is 0.502 e. The molecular formula is C15H18F3NO5. The number of carbonyl (C=O) groups excluding carboxylic acids is 1. The number of hydrogen-bond acceptors (Lipinski definition) is 5. The number of esters is 1. The minimum atomic E-state index is -5.00. The number of rotatable bonds is 6. The molecule has 134 valence electrons. The Morgan fingerprint density at radius 1 is 1.38 bits per heavy atom. The Kier molecular flexibility index (Phi) is 6.16. The van der Waals surface area contributed by atoms with Crippen molar-refractivity contribution in [3.05, 3.63) is 33.4 Å². The molecular weight excluding hydrogens is 331 g/mol. The zero-order chi connectivity index (χ0) is 18.7. The van der Waals surface area contributed by atoms with E-state index < -0.39 is 40.0 Å². The van der Waals surface area contributed by atoms with Gasteiger partial charge in [0.05, 0.1) is 17.4 Å². The van der Waals surface area contributed by atoms with Gasteiger partial charge in [0, 0.05) is 6.07 Å². The summed E-state index contributed by atoms with van der Waals surface area (Å²) in [6.07, 6.45) is -4.85. The fraction of sp³-hybridized carbons (Fsp3) is 0.533. The zero-order valence-corrected chi connectivity index (χ0v) is 13.4. The second-order valence-corrected chi connectivity index (χ2v) is 5.63. The molecule has 0 amide bonds. The van der Waals surface area contributed by atoms with Crippen molar-refractivity contribution in [1.82, 2.24) is 0 Å². The number of nitro benzene ring substituents is 1. The van der Waals surface area contributed by atoms with E-state index in [1.807, 2.05) is 0 Å². The summed E-state index contributed by atoms with van der Waals surface area (Å²) in [6, 6.07) is 1.35. The van der Waals surface area contributed by atoms with E-state index in [0.717, 1.165) is 6.07 Å². The average Bonchev–Trinajstić information content (AvgIpc) is 2.43. The van der Waals surface area contributed by atoms with Gasteiger partial charge in [-0.3, -0.25) is 14.9 Å². The van der Waals surface area contributed by atoms with Crippen molar-refractivity contribution in [2.75, 3.05) is 6.61 Å². The summed E-state index contributed by atoms with van der Waals surface area (Å²) in [5, 5.41) is 20.5. The van der Waals surface area contributed by atoms with E-state index in [-0.39, 0.29) is 24.5 Å². The number of aromatic hydroxyl groups is 1. The smallest absolute Gasteiger partial charge is 0.420 e. The Morgan fingerprint density at radius 3 is 2.38 bits per heavy atom. The van der Waals surface area contributed by atoms with E-state index in [0.29, 0.717) is 6.07 Å². The number of phenolic OH excluding ortho intramolecular Hbond substituents is 1. The van der Waals surface area contributed by atoms with Crippen LogP contribution in [0.5, 0.6) is 5.75 Å². The molecule has 1 N–H and O–H groups in total. The Bertz CT molecular complexity index is 628. The van der Waals surface area contributed by atoms with Crippen LogP contribution in [0, 0.1) is 16.0 Å². The highest BCUT2D eigenvalue weighted by Crippen LogP contribution is 2.43. The van der Waals surface area contributed by atoms with Crippen LogP contribution in [0.25, 0.3) is 0 Å². The summed E-state index contributed by atoms with van der Waals surface area (Å²) in [7, 11) is 0. The van der Waals surface area contributed by atoms with Crippen molar-refractivity contribution in [3.63, 3.8) is 0 Å². The summed E-state index contributed by atoms with van der Waals surface area (Å²) in [4.78, 5) is 21.9. The summed E-state index contributed by atoms with van der Waals surface area (Å²) in [5.74, 6) is -3.39. The normalized spacial score (nSPS) is 13.0. The molecule has 0 heterocycles. The molecule has 0 aliphatic carbocycles. The first-order valence-electron chi connectivity index (χ1n) is 7.24. The van der Waals surface area contributed by atoms with Gasteiger partial charge in [0.25, 0.3) is 0 Å². The topological polar surface area (TPSA) is 89.7 Å².